The average molecular weight is 339 g/mol. The molecule has 25 heavy (non-hydrogen) atoms. The maximum absolute atomic E-state index is 12.4. The fraction of sp³-hybridized carbons (Fsp3) is 0.316. The summed E-state index contributed by atoms with van der Waals surface area (Å²) in [5, 5.41) is 3.50. The molecule has 1 amide bonds. The molecule has 6 heteroatoms. The molecule has 3 aromatic rings. The standard InChI is InChI=1S/C19H21N3O3/c1-12-10-16(14(3)25-12)13(2)21-18(23)8-9-22-11-20-17-7-5-4-6-15(17)19(22)24/h4-7,10-11,13H,8-9H2,1-3H3,(H,21,23)/t13-/m1/s1. The first-order valence-electron chi connectivity index (χ1n) is 8.26. The summed E-state index contributed by atoms with van der Waals surface area (Å²) in [6, 6.07) is 8.97. The highest BCUT2D eigenvalue weighted by molar-refractivity contribution is 5.77. The monoisotopic (exact) mass is 339 g/mol. The number of nitrogens with zero attached hydrogens (tertiary/aromatic N) is 2. The van der Waals surface area contributed by atoms with E-state index >= 15 is 0 Å². The predicted molar refractivity (Wildman–Crippen MR) is 95.4 cm³/mol. The summed E-state index contributed by atoms with van der Waals surface area (Å²) in [4.78, 5) is 28.9. The summed E-state index contributed by atoms with van der Waals surface area (Å²) in [5.41, 5.74) is 1.50. The summed E-state index contributed by atoms with van der Waals surface area (Å²) in [6.07, 6.45) is 1.70. The first kappa shape index (κ1) is 17.0. The van der Waals surface area contributed by atoms with Crippen LogP contribution in [0.1, 0.15) is 36.5 Å². The highest BCUT2D eigenvalue weighted by Crippen LogP contribution is 2.21. The van der Waals surface area contributed by atoms with Gasteiger partial charge in [0.1, 0.15) is 11.5 Å². The third-order valence-electron chi connectivity index (χ3n) is 4.23. The minimum atomic E-state index is -0.142. The van der Waals surface area contributed by atoms with Crippen LogP contribution in [0.15, 0.2) is 45.9 Å². The van der Waals surface area contributed by atoms with Gasteiger partial charge in [-0.3, -0.25) is 14.2 Å². The van der Waals surface area contributed by atoms with E-state index in [-0.39, 0.29) is 23.9 Å². The SMILES string of the molecule is Cc1cc([C@@H](C)NC(=O)CCn2cnc3ccccc3c2=O)c(C)o1. The predicted octanol–water partition coefficient (Wildman–Crippen LogP) is 2.87. The molecule has 0 saturated carbocycles. The smallest absolute Gasteiger partial charge is 0.261 e. The Kier molecular flexibility index (Phi) is 4.70. The normalized spacial score (nSPS) is 12.3. The Morgan fingerprint density at radius 2 is 2.08 bits per heavy atom. The second kappa shape index (κ2) is 6.93. The van der Waals surface area contributed by atoms with Gasteiger partial charge in [0.15, 0.2) is 0 Å². The highest BCUT2D eigenvalue weighted by atomic mass is 16.3. The molecule has 0 unspecified atom stereocenters. The molecular weight excluding hydrogens is 318 g/mol. The van der Waals surface area contributed by atoms with Crippen LogP contribution in [0.25, 0.3) is 10.9 Å². The van der Waals surface area contributed by atoms with E-state index in [4.69, 9.17) is 4.42 Å². The Bertz CT molecular complexity index is 971. The molecule has 1 atom stereocenters. The van der Waals surface area contributed by atoms with Crippen LogP contribution in [0.5, 0.6) is 0 Å². The van der Waals surface area contributed by atoms with Gasteiger partial charge in [-0.05, 0) is 39.0 Å². The molecule has 0 saturated heterocycles. The third kappa shape index (κ3) is 3.63. The number of furan rings is 1. The number of hydrogen-bond acceptors (Lipinski definition) is 4. The fourth-order valence-corrected chi connectivity index (χ4v) is 2.96. The van der Waals surface area contributed by atoms with Gasteiger partial charge in [0, 0.05) is 18.5 Å². The van der Waals surface area contributed by atoms with E-state index in [0.717, 1.165) is 17.1 Å². The van der Waals surface area contributed by atoms with Crippen molar-refractivity contribution in [2.45, 2.75) is 39.8 Å². The van der Waals surface area contributed by atoms with Crippen molar-refractivity contribution in [2.75, 3.05) is 0 Å². The summed E-state index contributed by atoms with van der Waals surface area (Å²) in [6.45, 7) is 5.97. The second-order valence-corrected chi connectivity index (χ2v) is 6.17. The molecule has 1 aromatic carbocycles. The van der Waals surface area contributed by atoms with Gasteiger partial charge in [0.25, 0.3) is 5.56 Å². The summed E-state index contributed by atoms with van der Waals surface area (Å²) >= 11 is 0. The van der Waals surface area contributed by atoms with Crippen LogP contribution in [0.2, 0.25) is 0 Å². The van der Waals surface area contributed by atoms with Gasteiger partial charge >= 0.3 is 0 Å². The van der Waals surface area contributed by atoms with Gasteiger partial charge in [-0.1, -0.05) is 12.1 Å². The topological polar surface area (TPSA) is 77.1 Å². The van der Waals surface area contributed by atoms with Crippen LogP contribution in [-0.4, -0.2) is 15.5 Å². The number of aryl methyl sites for hydroxylation is 3. The Hall–Kier alpha value is -2.89. The van der Waals surface area contributed by atoms with E-state index in [9.17, 15) is 9.59 Å². The van der Waals surface area contributed by atoms with Crippen LogP contribution in [0.4, 0.5) is 0 Å². The number of aromatic nitrogens is 2. The van der Waals surface area contributed by atoms with Crippen LogP contribution >= 0.6 is 0 Å². The molecule has 2 aromatic heterocycles. The first-order chi connectivity index (χ1) is 12.0. The molecule has 0 aliphatic rings. The number of fused-ring (bicyclic) bond motifs is 1. The molecule has 6 nitrogen and oxygen atoms in total. The quantitative estimate of drug-likeness (QED) is 0.775. The van der Waals surface area contributed by atoms with Crippen molar-refractivity contribution in [3.63, 3.8) is 0 Å². The maximum atomic E-state index is 12.4. The van der Waals surface area contributed by atoms with Crippen molar-refractivity contribution in [1.29, 1.82) is 0 Å². The van der Waals surface area contributed by atoms with E-state index in [1.165, 1.54) is 10.9 Å². The van der Waals surface area contributed by atoms with E-state index in [2.05, 4.69) is 10.3 Å². The van der Waals surface area contributed by atoms with E-state index in [1.54, 1.807) is 18.2 Å². The van der Waals surface area contributed by atoms with Crippen molar-refractivity contribution < 1.29 is 9.21 Å². The molecule has 130 valence electrons. The summed E-state index contributed by atoms with van der Waals surface area (Å²) in [5.74, 6) is 1.51. The molecule has 0 bridgehead atoms. The number of para-hydroxylation sites is 1. The number of nitrogens with one attached hydrogen (secondary N) is 1. The van der Waals surface area contributed by atoms with Crippen molar-refractivity contribution in [3.8, 4) is 0 Å². The summed E-state index contributed by atoms with van der Waals surface area (Å²) < 4.78 is 6.97. The molecule has 2 heterocycles. The van der Waals surface area contributed by atoms with Gasteiger partial charge in [-0.25, -0.2) is 4.98 Å². The Balaban J connectivity index is 1.65. The molecule has 1 N–H and O–H groups in total. The maximum Gasteiger partial charge on any atom is 0.261 e. The number of carbonyl (C=O) groups excluding carboxylic acids is 1. The molecule has 0 fully saturated rings. The second-order valence-electron chi connectivity index (χ2n) is 6.17. The lowest BCUT2D eigenvalue weighted by atomic mass is 10.1. The highest BCUT2D eigenvalue weighted by Gasteiger charge is 2.15. The average Bonchev–Trinajstić information content (AvgIpc) is 2.93. The number of amides is 1. The minimum Gasteiger partial charge on any atom is -0.466 e. The van der Waals surface area contributed by atoms with E-state index in [1.807, 2.05) is 32.9 Å². The van der Waals surface area contributed by atoms with Crippen LogP contribution < -0.4 is 10.9 Å². The van der Waals surface area contributed by atoms with Gasteiger partial charge in [-0.15, -0.1) is 0 Å². The van der Waals surface area contributed by atoms with Gasteiger partial charge < -0.3 is 9.73 Å². The summed E-state index contributed by atoms with van der Waals surface area (Å²) in [7, 11) is 0. The zero-order chi connectivity index (χ0) is 18.0. The Morgan fingerprint density at radius 3 is 2.80 bits per heavy atom. The fourth-order valence-electron chi connectivity index (χ4n) is 2.96. The van der Waals surface area contributed by atoms with Crippen molar-refractivity contribution >= 4 is 16.8 Å². The largest absolute Gasteiger partial charge is 0.466 e. The molecule has 0 spiro atoms. The van der Waals surface area contributed by atoms with E-state index < -0.39 is 0 Å². The van der Waals surface area contributed by atoms with Gasteiger partial charge in [0.05, 0.1) is 23.3 Å². The molecule has 0 aliphatic carbocycles. The number of rotatable bonds is 5. The lowest BCUT2D eigenvalue weighted by molar-refractivity contribution is -0.121. The zero-order valence-corrected chi connectivity index (χ0v) is 14.6. The van der Waals surface area contributed by atoms with Crippen LogP contribution in [-0.2, 0) is 11.3 Å². The Labute approximate surface area is 145 Å². The van der Waals surface area contributed by atoms with Crippen molar-refractivity contribution in [2.24, 2.45) is 0 Å². The zero-order valence-electron chi connectivity index (χ0n) is 14.6. The molecule has 0 aliphatic heterocycles. The van der Waals surface area contributed by atoms with Crippen LogP contribution in [0, 0.1) is 13.8 Å². The molecule has 3 rings (SSSR count). The van der Waals surface area contributed by atoms with Crippen molar-refractivity contribution in [1.82, 2.24) is 14.9 Å². The lowest BCUT2D eigenvalue weighted by Crippen LogP contribution is -2.29. The van der Waals surface area contributed by atoms with Gasteiger partial charge in [0.2, 0.25) is 5.91 Å². The van der Waals surface area contributed by atoms with Gasteiger partial charge in [-0.2, -0.15) is 0 Å². The van der Waals surface area contributed by atoms with Crippen LogP contribution in [0.3, 0.4) is 0 Å². The van der Waals surface area contributed by atoms with Crippen molar-refractivity contribution in [3.05, 3.63) is 64.1 Å². The number of hydrogen-bond donors (Lipinski definition) is 1. The number of benzene rings is 1. The molecular formula is C19H21N3O3. The minimum absolute atomic E-state index is 0.120. The van der Waals surface area contributed by atoms with E-state index in [0.29, 0.717) is 17.4 Å². The first-order valence-corrected chi connectivity index (χ1v) is 8.26. The Morgan fingerprint density at radius 1 is 1.32 bits per heavy atom. The third-order valence-corrected chi connectivity index (χ3v) is 4.23. The molecule has 0 radical (unpaired) electrons. The number of carbonyl (C=O) groups is 1. The lowest BCUT2D eigenvalue weighted by Gasteiger charge is -2.13.